The quantitative estimate of drug-likeness (QED) is 0.606. The van der Waals surface area contributed by atoms with Crippen molar-refractivity contribution in [1.29, 1.82) is 0 Å². The average molecular weight is 413 g/mol. The number of rotatable bonds is 7. The third kappa shape index (κ3) is 4.90. The highest BCUT2D eigenvalue weighted by molar-refractivity contribution is 8.07. The second-order valence-corrected chi connectivity index (χ2v) is 9.71. The van der Waals surface area contributed by atoms with E-state index in [0.29, 0.717) is 10.7 Å². The maximum Gasteiger partial charge on any atom is 0.0922 e. The predicted octanol–water partition coefficient (Wildman–Crippen LogP) is 3.47. The van der Waals surface area contributed by atoms with Gasteiger partial charge in [0.2, 0.25) is 0 Å². The number of H-pyrrole nitrogens is 1. The minimum Gasteiger partial charge on any atom is -0.379 e. The monoisotopic (exact) mass is 412 g/mol. The molecule has 0 radical (unpaired) electrons. The largest absolute Gasteiger partial charge is 0.379 e. The number of piperazine rings is 1. The van der Waals surface area contributed by atoms with E-state index in [-0.39, 0.29) is 0 Å². The molecule has 1 aromatic carbocycles. The molecule has 1 aliphatic carbocycles. The number of nitrogens with one attached hydrogen (secondary N) is 3. The van der Waals surface area contributed by atoms with Crippen LogP contribution in [0.3, 0.4) is 0 Å². The normalized spacial score (nSPS) is 25.9. The van der Waals surface area contributed by atoms with Crippen LogP contribution in [0, 0.1) is 0 Å². The lowest BCUT2D eigenvalue weighted by Crippen LogP contribution is -2.49. The Kier molecular flexibility index (Phi) is 5.97. The molecule has 1 saturated carbocycles. The van der Waals surface area contributed by atoms with Crippen molar-refractivity contribution in [3.05, 3.63) is 42.5 Å². The molecule has 3 heterocycles. The summed E-state index contributed by atoms with van der Waals surface area (Å²) in [5.74, 6) is 0. The van der Waals surface area contributed by atoms with Gasteiger partial charge in [-0.25, -0.2) is 4.98 Å². The van der Waals surface area contributed by atoms with E-state index in [1.165, 1.54) is 50.9 Å². The van der Waals surface area contributed by atoms with Gasteiger partial charge in [0, 0.05) is 49.8 Å². The Morgan fingerprint density at radius 2 is 1.83 bits per heavy atom. The number of benzene rings is 1. The molecular formula is C22H32N6S. The second-order valence-electron chi connectivity index (χ2n) is 8.45. The molecule has 3 N–H and O–H groups in total. The van der Waals surface area contributed by atoms with Gasteiger partial charge >= 0.3 is 0 Å². The molecule has 6 nitrogen and oxygen atoms in total. The molecule has 29 heavy (non-hydrogen) atoms. The average Bonchev–Trinajstić information content (AvgIpc) is 3.33. The Balaban J connectivity index is 1.06. The summed E-state index contributed by atoms with van der Waals surface area (Å²) in [5.41, 5.74) is 3.57. The number of aromatic nitrogens is 2. The first-order valence-electron chi connectivity index (χ1n) is 11.1. The Morgan fingerprint density at radius 1 is 1.03 bits per heavy atom. The Bertz CT molecular complexity index is 750. The summed E-state index contributed by atoms with van der Waals surface area (Å²) in [6.07, 6.45) is 10.6. The van der Waals surface area contributed by atoms with Crippen LogP contribution in [0.15, 0.2) is 36.8 Å². The highest BCUT2D eigenvalue weighted by Gasteiger charge is 2.44. The van der Waals surface area contributed by atoms with Crippen LogP contribution in [-0.2, 0) is 6.54 Å². The molecule has 5 rings (SSSR count). The van der Waals surface area contributed by atoms with Gasteiger partial charge in [-0.05, 0) is 37.1 Å². The van der Waals surface area contributed by atoms with Crippen molar-refractivity contribution in [1.82, 2.24) is 20.2 Å². The summed E-state index contributed by atoms with van der Waals surface area (Å²) in [6, 6.07) is 9.61. The lowest BCUT2D eigenvalue weighted by atomic mass is 9.95. The molecule has 2 unspecified atom stereocenters. The third-order valence-electron chi connectivity index (χ3n) is 6.42. The van der Waals surface area contributed by atoms with Crippen LogP contribution in [-0.4, -0.2) is 57.8 Å². The van der Waals surface area contributed by atoms with Gasteiger partial charge in [-0.3, -0.25) is 4.90 Å². The van der Waals surface area contributed by atoms with E-state index in [4.69, 9.17) is 0 Å². The second kappa shape index (κ2) is 8.98. The zero-order valence-corrected chi connectivity index (χ0v) is 17.8. The summed E-state index contributed by atoms with van der Waals surface area (Å²) in [4.78, 5) is 12.4. The first-order chi connectivity index (χ1) is 14.3. The molecule has 0 amide bonds. The molecular weight excluding hydrogens is 380 g/mol. The number of thioether (sulfide) groups is 1. The van der Waals surface area contributed by atoms with Crippen molar-refractivity contribution in [2.45, 2.75) is 55.4 Å². The lowest BCUT2D eigenvalue weighted by molar-refractivity contribution is 0.242. The third-order valence-corrected chi connectivity index (χ3v) is 7.64. The summed E-state index contributed by atoms with van der Waals surface area (Å²) in [7, 11) is 0. The van der Waals surface area contributed by atoms with Gasteiger partial charge in [-0.15, -0.1) is 11.8 Å². The molecule has 0 spiro atoms. The van der Waals surface area contributed by atoms with Crippen LogP contribution in [0.25, 0.3) is 0 Å². The van der Waals surface area contributed by atoms with E-state index < -0.39 is 0 Å². The van der Waals surface area contributed by atoms with E-state index in [0.717, 1.165) is 37.1 Å². The zero-order chi connectivity index (χ0) is 19.5. The van der Waals surface area contributed by atoms with Crippen molar-refractivity contribution in [3.63, 3.8) is 0 Å². The number of anilines is 2. The number of nitrogens with zero attached hydrogens (tertiary/aromatic N) is 3. The highest BCUT2D eigenvalue weighted by atomic mass is 32.2. The molecule has 2 aromatic rings. The zero-order valence-electron chi connectivity index (χ0n) is 17.0. The van der Waals surface area contributed by atoms with Gasteiger partial charge in [-0.1, -0.05) is 19.3 Å². The van der Waals surface area contributed by atoms with Crippen LogP contribution in [0.2, 0.25) is 0 Å². The van der Waals surface area contributed by atoms with Crippen LogP contribution in [0.1, 0.15) is 37.8 Å². The number of hydrogen-bond donors (Lipinski definition) is 3. The highest BCUT2D eigenvalue weighted by Crippen LogP contribution is 2.43. The van der Waals surface area contributed by atoms with Gasteiger partial charge in [0.25, 0.3) is 0 Å². The van der Waals surface area contributed by atoms with Crippen molar-refractivity contribution in [2.75, 3.05) is 36.4 Å². The molecule has 0 bridgehead atoms. The van der Waals surface area contributed by atoms with Crippen LogP contribution in [0.5, 0.6) is 0 Å². The Labute approximate surface area is 177 Å². The van der Waals surface area contributed by atoms with Gasteiger partial charge in [0.15, 0.2) is 0 Å². The van der Waals surface area contributed by atoms with E-state index >= 15 is 0 Å². The Hall–Kier alpha value is -1.70. The fourth-order valence-electron chi connectivity index (χ4n) is 4.61. The smallest absolute Gasteiger partial charge is 0.0922 e. The number of hydrogen-bond acceptors (Lipinski definition) is 6. The van der Waals surface area contributed by atoms with Crippen molar-refractivity contribution in [3.8, 4) is 0 Å². The standard InChI is InChI=1S/C22H32N6S/c1-2-4-18(5-3-1)26-21-22(29-21)28-12-10-27(11-13-28)20-8-6-17(7-9-20)24-15-19-14-23-16-25-19/h6-9,14,16,18,21-22,24,26H,1-5,10-13,15H2,(H,23,25). The van der Waals surface area contributed by atoms with Crippen LogP contribution >= 0.6 is 11.8 Å². The number of aromatic amines is 1. The van der Waals surface area contributed by atoms with Gasteiger partial charge in [0.05, 0.1) is 29.3 Å². The summed E-state index contributed by atoms with van der Waals surface area (Å²) in [6.45, 7) is 5.34. The van der Waals surface area contributed by atoms with Crippen molar-refractivity contribution in [2.24, 2.45) is 0 Å². The SMILES string of the molecule is c1ncc(CNc2ccc(N3CCN(C4SC4NC4CCCCC4)CC3)cc2)[nH]1. The summed E-state index contributed by atoms with van der Waals surface area (Å²) >= 11 is 2.12. The van der Waals surface area contributed by atoms with Crippen molar-refractivity contribution < 1.29 is 0 Å². The molecule has 7 heteroatoms. The fraction of sp³-hybridized carbons (Fsp3) is 0.591. The predicted molar refractivity (Wildman–Crippen MR) is 121 cm³/mol. The molecule has 3 fully saturated rings. The maximum atomic E-state index is 4.05. The lowest BCUT2D eigenvalue weighted by Gasteiger charge is -2.36. The molecule has 156 valence electrons. The molecule has 3 aliphatic rings. The van der Waals surface area contributed by atoms with Gasteiger partial charge in [0.1, 0.15) is 0 Å². The van der Waals surface area contributed by atoms with Crippen LogP contribution in [0.4, 0.5) is 11.4 Å². The minimum absolute atomic E-state index is 0.671. The summed E-state index contributed by atoms with van der Waals surface area (Å²) < 4.78 is 0. The summed E-state index contributed by atoms with van der Waals surface area (Å²) in [5, 5.41) is 8.72. The maximum absolute atomic E-state index is 4.05. The molecule has 2 aliphatic heterocycles. The Morgan fingerprint density at radius 3 is 2.55 bits per heavy atom. The number of imidazole rings is 1. The van der Waals surface area contributed by atoms with E-state index in [1.54, 1.807) is 6.33 Å². The van der Waals surface area contributed by atoms with Gasteiger partial charge in [-0.2, -0.15) is 0 Å². The minimum atomic E-state index is 0.671. The molecule has 2 saturated heterocycles. The topological polar surface area (TPSA) is 59.2 Å². The van der Waals surface area contributed by atoms with E-state index in [1.807, 2.05) is 6.20 Å². The van der Waals surface area contributed by atoms with E-state index in [9.17, 15) is 0 Å². The molecule has 1 aromatic heterocycles. The molecule has 2 atom stereocenters. The van der Waals surface area contributed by atoms with Crippen LogP contribution < -0.4 is 15.5 Å². The first kappa shape index (κ1) is 19.3. The van der Waals surface area contributed by atoms with E-state index in [2.05, 4.69) is 66.4 Å². The van der Waals surface area contributed by atoms with Crippen molar-refractivity contribution >= 4 is 23.1 Å². The van der Waals surface area contributed by atoms with Gasteiger partial charge < -0.3 is 20.5 Å². The fourth-order valence-corrected chi connectivity index (χ4v) is 5.72. The first-order valence-corrected chi connectivity index (χ1v) is 12.0.